The first-order valence-corrected chi connectivity index (χ1v) is 5.95. The van der Waals surface area contributed by atoms with Crippen molar-refractivity contribution < 1.29 is 18.0 Å². The number of hydrogen-bond donors (Lipinski definition) is 2. The summed E-state index contributed by atoms with van der Waals surface area (Å²) in [6.45, 7) is -0.904. The van der Waals surface area contributed by atoms with E-state index >= 15 is 0 Å². The third-order valence-corrected chi connectivity index (χ3v) is 3.44. The number of carbonyl (C=O) groups excluding carboxylic acids is 1. The van der Waals surface area contributed by atoms with Crippen LogP contribution in [0.15, 0.2) is 12.4 Å². The van der Waals surface area contributed by atoms with Crippen molar-refractivity contribution in [3.05, 3.63) is 18.2 Å². The Morgan fingerprint density at radius 2 is 2.21 bits per heavy atom. The Morgan fingerprint density at radius 3 is 2.68 bits per heavy atom. The van der Waals surface area contributed by atoms with Crippen LogP contribution in [0.2, 0.25) is 0 Å². The topological polar surface area (TPSA) is 72.9 Å². The molecule has 1 aromatic rings. The molecule has 0 unspecified atom stereocenters. The third-order valence-electron chi connectivity index (χ3n) is 3.44. The Morgan fingerprint density at radius 1 is 1.53 bits per heavy atom. The average molecular weight is 276 g/mol. The first-order valence-electron chi connectivity index (χ1n) is 5.95. The molecule has 106 valence electrons. The molecule has 0 radical (unpaired) electrons. The smallest absolute Gasteiger partial charge is 0.363 e. The van der Waals surface area contributed by atoms with Crippen LogP contribution in [0, 0.1) is 0 Å². The fraction of sp³-hybridized carbons (Fsp3) is 0.636. The van der Waals surface area contributed by atoms with Crippen molar-refractivity contribution in [2.75, 3.05) is 13.1 Å². The molecule has 0 saturated heterocycles. The number of hydrogen-bond acceptors (Lipinski definition) is 3. The molecule has 19 heavy (non-hydrogen) atoms. The molecular weight excluding hydrogens is 261 g/mol. The van der Waals surface area contributed by atoms with Gasteiger partial charge in [0.15, 0.2) is 5.82 Å². The van der Waals surface area contributed by atoms with Gasteiger partial charge in [0.05, 0.1) is 12.1 Å². The lowest BCUT2D eigenvalue weighted by Gasteiger charge is -2.44. The van der Waals surface area contributed by atoms with Gasteiger partial charge in [-0.05, 0) is 19.3 Å². The minimum atomic E-state index is -4.24. The summed E-state index contributed by atoms with van der Waals surface area (Å²) < 4.78 is 38.0. The van der Waals surface area contributed by atoms with Crippen molar-refractivity contribution in [3.8, 4) is 0 Å². The molecule has 8 heteroatoms. The number of nitrogens with one attached hydrogen (secondary N) is 1. The second kappa shape index (κ2) is 4.84. The molecule has 5 nitrogen and oxygen atoms in total. The predicted octanol–water partition coefficient (Wildman–Crippen LogP) is 1.01. The van der Waals surface area contributed by atoms with E-state index in [1.807, 2.05) is 0 Å². The molecule has 3 N–H and O–H groups in total. The van der Waals surface area contributed by atoms with E-state index in [-0.39, 0.29) is 12.4 Å². The van der Waals surface area contributed by atoms with Crippen LogP contribution in [0.5, 0.6) is 0 Å². The van der Waals surface area contributed by atoms with Gasteiger partial charge in [0.25, 0.3) is 5.91 Å². The molecule has 0 bridgehead atoms. The highest BCUT2D eigenvalue weighted by atomic mass is 19.4. The number of halogens is 3. The molecule has 0 atom stereocenters. The standard InChI is InChI=1S/C11H15F3N4O/c12-11(13,14)7-16-6-10(2-1-3-10)18-5-4-17-9(18)8(15)19/h4-5,16H,1-3,6-7H2,(H2,15,19). The normalized spacial score (nSPS) is 18.1. The zero-order valence-electron chi connectivity index (χ0n) is 10.2. The van der Waals surface area contributed by atoms with E-state index in [4.69, 9.17) is 5.73 Å². The van der Waals surface area contributed by atoms with Crippen LogP contribution in [-0.4, -0.2) is 34.7 Å². The van der Waals surface area contributed by atoms with E-state index in [0.29, 0.717) is 12.8 Å². The number of imidazole rings is 1. The van der Waals surface area contributed by atoms with Crippen LogP contribution in [-0.2, 0) is 5.54 Å². The first kappa shape index (κ1) is 13.9. The number of aromatic nitrogens is 2. The number of carbonyl (C=O) groups is 1. The van der Waals surface area contributed by atoms with Crippen molar-refractivity contribution in [1.82, 2.24) is 14.9 Å². The zero-order valence-corrected chi connectivity index (χ0v) is 10.2. The Kier molecular flexibility index (Phi) is 3.53. The third kappa shape index (κ3) is 2.89. The minimum absolute atomic E-state index is 0.0912. The summed E-state index contributed by atoms with van der Waals surface area (Å²) in [6.07, 6.45) is 1.10. The summed E-state index contributed by atoms with van der Waals surface area (Å²) in [6, 6.07) is 0. The monoisotopic (exact) mass is 276 g/mol. The van der Waals surface area contributed by atoms with Crippen LogP contribution in [0.3, 0.4) is 0 Å². The minimum Gasteiger partial charge on any atom is -0.363 e. The van der Waals surface area contributed by atoms with Crippen molar-refractivity contribution in [1.29, 1.82) is 0 Å². The maximum Gasteiger partial charge on any atom is 0.401 e. The summed E-state index contributed by atoms with van der Waals surface area (Å²) in [5, 5.41) is 2.40. The van der Waals surface area contributed by atoms with Crippen LogP contribution in [0.4, 0.5) is 13.2 Å². The predicted molar refractivity (Wildman–Crippen MR) is 61.5 cm³/mol. The van der Waals surface area contributed by atoms with Crippen molar-refractivity contribution in [2.45, 2.75) is 31.0 Å². The molecular formula is C11H15F3N4O. The average Bonchev–Trinajstić information content (AvgIpc) is 2.69. The van der Waals surface area contributed by atoms with Gasteiger partial charge in [-0.1, -0.05) is 0 Å². The summed E-state index contributed by atoms with van der Waals surface area (Å²) in [4.78, 5) is 15.1. The molecule has 1 aliphatic rings. The van der Waals surface area contributed by atoms with Crippen LogP contribution in [0.1, 0.15) is 29.9 Å². The Bertz CT molecular complexity index is 465. The Hall–Kier alpha value is -1.57. The number of nitrogens with zero attached hydrogens (tertiary/aromatic N) is 2. The quantitative estimate of drug-likeness (QED) is 0.843. The van der Waals surface area contributed by atoms with Crippen molar-refractivity contribution in [2.24, 2.45) is 5.73 Å². The van der Waals surface area contributed by atoms with Crippen molar-refractivity contribution >= 4 is 5.91 Å². The van der Waals surface area contributed by atoms with Gasteiger partial charge in [0.1, 0.15) is 0 Å². The molecule has 0 spiro atoms. The molecule has 1 heterocycles. The number of primary amides is 1. The lowest BCUT2D eigenvalue weighted by Crippen LogP contribution is -2.51. The van der Waals surface area contributed by atoms with Crippen LogP contribution in [0.25, 0.3) is 0 Å². The van der Waals surface area contributed by atoms with Gasteiger partial charge in [0, 0.05) is 18.9 Å². The van der Waals surface area contributed by atoms with E-state index in [9.17, 15) is 18.0 Å². The zero-order chi connectivity index (χ0) is 14.1. The second-order valence-electron chi connectivity index (χ2n) is 4.78. The Balaban J connectivity index is 2.10. The van der Waals surface area contributed by atoms with Gasteiger partial charge in [-0.3, -0.25) is 4.79 Å². The van der Waals surface area contributed by atoms with Gasteiger partial charge in [-0.25, -0.2) is 4.98 Å². The highest BCUT2D eigenvalue weighted by molar-refractivity contribution is 5.89. The Labute approximate surface area is 108 Å². The maximum absolute atomic E-state index is 12.1. The maximum atomic E-state index is 12.1. The van der Waals surface area contributed by atoms with Gasteiger partial charge >= 0.3 is 6.18 Å². The fourth-order valence-electron chi connectivity index (χ4n) is 2.39. The molecule has 1 saturated carbocycles. The number of amides is 1. The molecule has 1 aromatic heterocycles. The van der Waals surface area contributed by atoms with E-state index in [0.717, 1.165) is 6.42 Å². The summed E-state index contributed by atoms with van der Waals surface area (Å²) >= 11 is 0. The molecule has 2 rings (SSSR count). The SMILES string of the molecule is NC(=O)c1nccn1C1(CNCC(F)(F)F)CCC1. The largest absolute Gasteiger partial charge is 0.401 e. The fourth-order valence-corrected chi connectivity index (χ4v) is 2.39. The van der Waals surface area contributed by atoms with Gasteiger partial charge in [0.2, 0.25) is 0 Å². The molecule has 1 aliphatic carbocycles. The summed E-state index contributed by atoms with van der Waals surface area (Å²) in [5.41, 5.74) is 4.69. The number of nitrogens with two attached hydrogens (primary N) is 1. The highest BCUT2D eigenvalue weighted by Crippen LogP contribution is 2.39. The van der Waals surface area contributed by atoms with Gasteiger partial charge in [-0.2, -0.15) is 13.2 Å². The van der Waals surface area contributed by atoms with Gasteiger partial charge < -0.3 is 15.6 Å². The highest BCUT2D eigenvalue weighted by Gasteiger charge is 2.41. The molecule has 0 aromatic carbocycles. The van der Waals surface area contributed by atoms with Crippen LogP contribution >= 0.6 is 0 Å². The summed E-state index contributed by atoms with van der Waals surface area (Å²) in [7, 11) is 0. The van der Waals surface area contributed by atoms with Crippen molar-refractivity contribution in [3.63, 3.8) is 0 Å². The van der Waals surface area contributed by atoms with E-state index in [1.54, 1.807) is 10.8 Å². The first-order chi connectivity index (χ1) is 8.84. The lowest BCUT2D eigenvalue weighted by atomic mass is 9.76. The molecule has 1 fully saturated rings. The number of alkyl halides is 3. The summed E-state index contributed by atoms with van der Waals surface area (Å²) in [5.74, 6) is -0.583. The number of rotatable bonds is 5. The van der Waals surface area contributed by atoms with E-state index in [2.05, 4.69) is 10.3 Å². The van der Waals surface area contributed by atoms with E-state index < -0.39 is 24.2 Å². The molecule has 1 amide bonds. The lowest BCUT2D eigenvalue weighted by molar-refractivity contribution is -0.126. The second-order valence-corrected chi connectivity index (χ2v) is 4.78. The molecule has 0 aliphatic heterocycles. The van der Waals surface area contributed by atoms with Gasteiger partial charge in [-0.15, -0.1) is 0 Å². The van der Waals surface area contributed by atoms with E-state index in [1.165, 1.54) is 6.20 Å². The van der Waals surface area contributed by atoms with Crippen LogP contribution < -0.4 is 11.1 Å².